The van der Waals surface area contributed by atoms with Crippen molar-refractivity contribution in [2.45, 2.75) is 40.0 Å². The SMILES string of the molecule is CCNC(=O)C1CCN(CC/C=C(\C)CC)C1. The van der Waals surface area contributed by atoms with E-state index >= 15 is 0 Å². The van der Waals surface area contributed by atoms with Crippen LogP contribution in [0.1, 0.15) is 40.0 Å². The molecule has 0 bridgehead atoms. The molecule has 1 unspecified atom stereocenters. The van der Waals surface area contributed by atoms with Crippen molar-refractivity contribution in [3.63, 3.8) is 0 Å². The van der Waals surface area contributed by atoms with Gasteiger partial charge in [0.1, 0.15) is 0 Å². The fourth-order valence-corrected chi connectivity index (χ4v) is 2.21. The van der Waals surface area contributed by atoms with Crippen molar-refractivity contribution in [3.05, 3.63) is 11.6 Å². The Kier molecular flexibility index (Phi) is 6.27. The van der Waals surface area contributed by atoms with Crippen molar-refractivity contribution in [2.24, 2.45) is 5.92 Å². The molecule has 17 heavy (non-hydrogen) atoms. The van der Waals surface area contributed by atoms with Crippen LogP contribution in [0.4, 0.5) is 0 Å². The summed E-state index contributed by atoms with van der Waals surface area (Å²) in [6, 6.07) is 0. The van der Waals surface area contributed by atoms with Crippen molar-refractivity contribution in [1.82, 2.24) is 10.2 Å². The van der Waals surface area contributed by atoms with Gasteiger partial charge in [0.15, 0.2) is 0 Å². The quantitative estimate of drug-likeness (QED) is 0.719. The van der Waals surface area contributed by atoms with Gasteiger partial charge in [0.25, 0.3) is 0 Å². The average molecular weight is 238 g/mol. The number of amides is 1. The molecule has 1 fully saturated rings. The number of hydrogen-bond donors (Lipinski definition) is 1. The predicted octanol–water partition coefficient (Wildman–Crippen LogP) is 2.19. The molecular formula is C14H26N2O. The third-order valence-electron chi connectivity index (χ3n) is 3.49. The molecule has 0 radical (unpaired) electrons. The summed E-state index contributed by atoms with van der Waals surface area (Å²) in [5.74, 6) is 0.446. The zero-order valence-electron chi connectivity index (χ0n) is 11.5. The Balaban J connectivity index is 2.24. The second kappa shape index (κ2) is 7.49. The largest absolute Gasteiger partial charge is 0.356 e. The van der Waals surface area contributed by atoms with E-state index in [0.717, 1.165) is 45.4 Å². The van der Waals surface area contributed by atoms with Crippen LogP contribution in [0.3, 0.4) is 0 Å². The first kappa shape index (κ1) is 14.2. The van der Waals surface area contributed by atoms with Crippen LogP contribution in [-0.4, -0.2) is 37.0 Å². The Morgan fingerprint density at radius 3 is 2.88 bits per heavy atom. The van der Waals surface area contributed by atoms with E-state index in [9.17, 15) is 4.79 Å². The highest BCUT2D eigenvalue weighted by atomic mass is 16.1. The number of nitrogens with one attached hydrogen (secondary N) is 1. The lowest BCUT2D eigenvalue weighted by Crippen LogP contribution is -2.32. The molecule has 1 aliphatic heterocycles. The molecule has 0 aromatic heterocycles. The van der Waals surface area contributed by atoms with E-state index in [0.29, 0.717) is 0 Å². The van der Waals surface area contributed by atoms with Gasteiger partial charge >= 0.3 is 0 Å². The zero-order chi connectivity index (χ0) is 12.7. The molecule has 1 rings (SSSR count). The average Bonchev–Trinajstić information content (AvgIpc) is 2.78. The zero-order valence-corrected chi connectivity index (χ0v) is 11.5. The van der Waals surface area contributed by atoms with Crippen molar-refractivity contribution in [2.75, 3.05) is 26.2 Å². The fraction of sp³-hybridized carbons (Fsp3) is 0.786. The second-order valence-electron chi connectivity index (χ2n) is 4.87. The Labute approximate surface area is 105 Å². The Morgan fingerprint density at radius 1 is 1.47 bits per heavy atom. The van der Waals surface area contributed by atoms with Crippen molar-refractivity contribution in [3.8, 4) is 0 Å². The summed E-state index contributed by atoms with van der Waals surface area (Å²) in [7, 11) is 0. The van der Waals surface area contributed by atoms with E-state index in [1.54, 1.807) is 0 Å². The van der Waals surface area contributed by atoms with Gasteiger partial charge in [-0.3, -0.25) is 4.79 Å². The maximum absolute atomic E-state index is 11.7. The Morgan fingerprint density at radius 2 is 2.24 bits per heavy atom. The van der Waals surface area contributed by atoms with Crippen LogP contribution < -0.4 is 5.32 Å². The molecule has 0 spiro atoms. The monoisotopic (exact) mass is 238 g/mol. The van der Waals surface area contributed by atoms with Crippen molar-refractivity contribution >= 4 is 5.91 Å². The Hall–Kier alpha value is -0.830. The molecule has 1 N–H and O–H groups in total. The highest BCUT2D eigenvalue weighted by Gasteiger charge is 2.27. The molecule has 0 aromatic rings. The normalized spacial score (nSPS) is 21.8. The van der Waals surface area contributed by atoms with Gasteiger partial charge in [-0.15, -0.1) is 0 Å². The first-order valence-electron chi connectivity index (χ1n) is 6.83. The van der Waals surface area contributed by atoms with E-state index in [1.165, 1.54) is 5.57 Å². The highest BCUT2D eigenvalue weighted by molar-refractivity contribution is 5.79. The Bertz CT molecular complexity index is 273. The van der Waals surface area contributed by atoms with E-state index in [-0.39, 0.29) is 11.8 Å². The molecule has 1 atom stereocenters. The molecular weight excluding hydrogens is 212 g/mol. The maximum Gasteiger partial charge on any atom is 0.224 e. The van der Waals surface area contributed by atoms with Gasteiger partial charge in [-0.1, -0.05) is 18.6 Å². The van der Waals surface area contributed by atoms with E-state index < -0.39 is 0 Å². The smallest absolute Gasteiger partial charge is 0.224 e. The lowest BCUT2D eigenvalue weighted by atomic mass is 10.1. The van der Waals surface area contributed by atoms with Crippen LogP contribution >= 0.6 is 0 Å². The molecule has 1 saturated heterocycles. The lowest BCUT2D eigenvalue weighted by Gasteiger charge is -2.14. The molecule has 0 saturated carbocycles. The van der Waals surface area contributed by atoms with Gasteiger partial charge in [-0.05, 0) is 39.7 Å². The van der Waals surface area contributed by atoms with Gasteiger partial charge in [0, 0.05) is 19.6 Å². The third kappa shape index (κ3) is 4.90. The first-order valence-corrected chi connectivity index (χ1v) is 6.83. The van der Waals surface area contributed by atoms with Crippen LogP contribution in [-0.2, 0) is 4.79 Å². The third-order valence-corrected chi connectivity index (χ3v) is 3.49. The predicted molar refractivity (Wildman–Crippen MR) is 71.9 cm³/mol. The van der Waals surface area contributed by atoms with Crippen LogP contribution in [0.2, 0.25) is 0 Å². The van der Waals surface area contributed by atoms with Gasteiger partial charge in [0.05, 0.1) is 5.92 Å². The number of carbonyl (C=O) groups excluding carboxylic acids is 1. The van der Waals surface area contributed by atoms with Crippen LogP contribution in [0.15, 0.2) is 11.6 Å². The molecule has 0 aromatic carbocycles. The maximum atomic E-state index is 11.7. The summed E-state index contributed by atoms with van der Waals surface area (Å²) in [6.07, 6.45) is 5.59. The van der Waals surface area contributed by atoms with E-state index in [4.69, 9.17) is 0 Å². The van der Waals surface area contributed by atoms with Crippen LogP contribution in [0.5, 0.6) is 0 Å². The number of hydrogen-bond acceptors (Lipinski definition) is 2. The second-order valence-corrected chi connectivity index (χ2v) is 4.87. The van der Waals surface area contributed by atoms with Gasteiger partial charge in [-0.25, -0.2) is 0 Å². The molecule has 1 amide bonds. The summed E-state index contributed by atoms with van der Waals surface area (Å²) in [6.45, 7) is 10.2. The number of rotatable bonds is 6. The number of likely N-dealkylation sites (tertiary alicyclic amines) is 1. The van der Waals surface area contributed by atoms with Gasteiger partial charge < -0.3 is 10.2 Å². The van der Waals surface area contributed by atoms with Crippen molar-refractivity contribution in [1.29, 1.82) is 0 Å². The molecule has 1 heterocycles. The fourth-order valence-electron chi connectivity index (χ4n) is 2.21. The highest BCUT2D eigenvalue weighted by Crippen LogP contribution is 2.16. The van der Waals surface area contributed by atoms with E-state index in [2.05, 4.69) is 30.1 Å². The first-order chi connectivity index (χ1) is 8.17. The minimum atomic E-state index is 0.214. The summed E-state index contributed by atoms with van der Waals surface area (Å²) in [4.78, 5) is 14.1. The molecule has 1 aliphatic rings. The molecule has 3 heteroatoms. The van der Waals surface area contributed by atoms with E-state index in [1.807, 2.05) is 6.92 Å². The molecule has 98 valence electrons. The van der Waals surface area contributed by atoms with Crippen molar-refractivity contribution < 1.29 is 4.79 Å². The summed E-state index contributed by atoms with van der Waals surface area (Å²) in [5, 5.41) is 2.91. The topological polar surface area (TPSA) is 32.3 Å². The number of carbonyl (C=O) groups is 1. The van der Waals surface area contributed by atoms with Gasteiger partial charge in [0.2, 0.25) is 5.91 Å². The molecule has 3 nitrogen and oxygen atoms in total. The van der Waals surface area contributed by atoms with Crippen LogP contribution in [0.25, 0.3) is 0 Å². The minimum absolute atomic E-state index is 0.214. The number of allylic oxidation sites excluding steroid dienone is 1. The van der Waals surface area contributed by atoms with Gasteiger partial charge in [-0.2, -0.15) is 0 Å². The molecule has 0 aliphatic carbocycles. The summed E-state index contributed by atoms with van der Waals surface area (Å²) in [5.41, 5.74) is 1.46. The minimum Gasteiger partial charge on any atom is -0.356 e. The number of nitrogens with zero attached hydrogens (tertiary/aromatic N) is 1. The lowest BCUT2D eigenvalue weighted by molar-refractivity contribution is -0.124. The standard InChI is InChI=1S/C14H26N2O/c1-4-12(3)7-6-9-16-10-8-13(11-16)14(17)15-5-2/h7,13H,4-6,8-11H2,1-3H3,(H,15,17)/b12-7+. The summed E-state index contributed by atoms with van der Waals surface area (Å²) >= 11 is 0. The van der Waals surface area contributed by atoms with Crippen LogP contribution in [0, 0.1) is 5.92 Å². The summed E-state index contributed by atoms with van der Waals surface area (Å²) < 4.78 is 0.